The van der Waals surface area contributed by atoms with Gasteiger partial charge in [-0.3, -0.25) is 0 Å². The molecular formula is C11H10FNO2. The summed E-state index contributed by atoms with van der Waals surface area (Å²) in [5.74, 6) is -0.260. The maximum absolute atomic E-state index is 12.6. The fourth-order valence-electron chi connectivity index (χ4n) is 1.30. The van der Waals surface area contributed by atoms with Crippen LogP contribution in [0.5, 0.6) is 0 Å². The van der Waals surface area contributed by atoms with Gasteiger partial charge in [0.05, 0.1) is 6.04 Å². The lowest BCUT2D eigenvalue weighted by Crippen LogP contribution is -2.23. The van der Waals surface area contributed by atoms with Crippen LogP contribution in [0.3, 0.4) is 0 Å². The van der Waals surface area contributed by atoms with Crippen molar-refractivity contribution in [2.75, 3.05) is 6.61 Å². The van der Waals surface area contributed by atoms with Gasteiger partial charge in [-0.1, -0.05) is 24.3 Å². The van der Waals surface area contributed by atoms with Gasteiger partial charge in [0.25, 0.3) is 0 Å². The molecule has 1 aromatic carbocycles. The first-order chi connectivity index (χ1) is 7.24. The van der Waals surface area contributed by atoms with Gasteiger partial charge in [-0.05, 0) is 17.7 Å². The highest BCUT2D eigenvalue weighted by atomic mass is 19.1. The van der Waals surface area contributed by atoms with Gasteiger partial charge in [0, 0.05) is 0 Å². The third-order valence-corrected chi connectivity index (χ3v) is 2.09. The summed E-state index contributed by atoms with van der Waals surface area (Å²) >= 11 is 0. The molecule has 0 bridgehead atoms. The van der Waals surface area contributed by atoms with Crippen molar-refractivity contribution >= 4 is 12.2 Å². The normalized spacial score (nSPS) is 20.3. The van der Waals surface area contributed by atoms with Gasteiger partial charge in [0.1, 0.15) is 12.4 Å². The third-order valence-electron chi connectivity index (χ3n) is 2.09. The molecule has 15 heavy (non-hydrogen) atoms. The number of ether oxygens (including phenoxy) is 1. The summed E-state index contributed by atoms with van der Waals surface area (Å²) < 4.78 is 17.3. The monoisotopic (exact) mass is 207 g/mol. The van der Waals surface area contributed by atoms with E-state index in [-0.39, 0.29) is 11.9 Å². The summed E-state index contributed by atoms with van der Waals surface area (Å²) in [6, 6.07) is 6.03. The number of hydrogen-bond donors (Lipinski definition) is 1. The van der Waals surface area contributed by atoms with Crippen LogP contribution in [0.4, 0.5) is 9.18 Å². The molecule has 0 radical (unpaired) electrons. The first-order valence-corrected chi connectivity index (χ1v) is 4.61. The average molecular weight is 207 g/mol. The van der Waals surface area contributed by atoms with Crippen LogP contribution < -0.4 is 5.32 Å². The predicted octanol–water partition coefficient (Wildman–Crippen LogP) is 1.95. The fourth-order valence-corrected chi connectivity index (χ4v) is 1.30. The standard InChI is InChI=1S/C11H10FNO2/c12-9-4-1-8(2-5-9)3-6-10-7-15-11(14)13-10/h1-6,10H,7H2,(H,13,14)/b6-3+. The molecule has 1 saturated heterocycles. The number of rotatable bonds is 2. The zero-order valence-electron chi connectivity index (χ0n) is 7.94. The molecule has 1 amide bonds. The molecule has 0 aliphatic carbocycles. The number of carbonyl (C=O) groups is 1. The van der Waals surface area contributed by atoms with Crippen LogP contribution in [0.2, 0.25) is 0 Å². The van der Waals surface area contributed by atoms with Gasteiger partial charge < -0.3 is 10.1 Å². The second-order valence-corrected chi connectivity index (χ2v) is 3.26. The number of benzene rings is 1. The number of alkyl carbamates (subject to hydrolysis) is 1. The lowest BCUT2D eigenvalue weighted by atomic mass is 10.2. The smallest absolute Gasteiger partial charge is 0.407 e. The minimum absolute atomic E-state index is 0.0949. The maximum atomic E-state index is 12.6. The quantitative estimate of drug-likeness (QED) is 0.804. The number of cyclic esters (lactones) is 1. The van der Waals surface area contributed by atoms with E-state index in [0.717, 1.165) is 5.56 Å². The van der Waals surface area contributed by atoms with E-state index in [4.69, 9.17) is 4.74 Å². The lowest BCUT2D eigenvalue weighted by molar-refractivity contribution is 0.177. The number of carbonyl (C=O) groups excluding carboxylic acids is 1. The first kappa shape index (κ1) is 9.71. The van der Waals surface area contributed by atoms with Crippen molar-refractivity contribution < 1.29 is 13.9 Å². The number of nitrogens with one attached hydrogen (secondary N) is 1. The third kappa shape index (κ3) is 2.56. The summed E-state index contributed by atoms with van der Waals surface area (Å²) in [5, 5.41) is 2.61. The molecule has 2 rings (SSSR count). The number of amides is 1. The van der Waals surface area contributed by atoms with Crippen LogP contribution in [0.1, 0.15) is 5.56 Å². The SMILES string of the molecule is O=C1NC(/C=C/c2ccc(F)cc2)CO1. The van der Waals surface area contributed by atoms with Crippen LogP contribution in [-0.2, 0) is 4.74 Å². The Morgan fingerprint density at radius 1 is 1.40 bits per heavy atom. The Labute approximate surface area is 86.6 Å². The molecule has 0 spiro atoms. The van der Waals surface area contributed by atoms with E-state index in [0.29, 0.717) is 6.61 Å². The fraction of sp³-hybridized carbons (Fsp3) is 0.182. The van der Waals surface area contributed by atoms with Crippen molar-refractivity contribution in [2.45, 2.75) is 6.04 Å². The Kier molecular flexibility index (Phi) is 2.67. The van der Waals surface area contributed by atoms with Crippen molar-refractivity contribution in [1.82, 2.24) is 5.32 Å². The van der Waals surface area contributed by atoms with Crippen LogP contribution in [0, 0.1) is 5.82 Å². The molecule has 1 aliphatic rings. The molecule has 3 nitrogen and oxygen atoms in total. The van der Waals surface area contributed by atoms with Gasteiger partial charge in [0.15, 0.2) is 0 Å². The van der Waals surface area contributed by atoms with E-state index < -0.39 is 6.09 Å². The van der Waals surface area contributed by atoms with Crippen molar-refractivity contribution in [3.05, 3.63) is 41.7 Å². The van der Waals surface area contributed by atoms with Crippen LogP contribution in [-0.4, -0.2) is 18.7 Å². The summed E-state index contributed by atoms with van der Waals surface area (Å²) in [4.78, 5) is 10.7. The number of halogens is 1. The Bertz CT molecular complexity index is 386. The highest BCUT2D eigenvalue weighted by molar-refractivity contribution is 5.70. The topological polar surface area (TPSA) is 38.3 Å². The molecule has 78 valence electrons. The maximum Gasteiger partial charge on any atom is 0.407 e. The molecule has 1 aliphatic heterocycles. The molecule has 1 unspecified atom stereocenters. The molecule has 1 aromatic rings. The second-order valence-electron chi connectivity index (χ2n) is 3.26. The number of hydrogen-bond acceptors (Lipinski definition) is 2. The lowest BCUT2D eigenvalue weighted by Gasteiger charge is -1.98. The predicted molar refractivity (Wildman–Crippen MR) is 53.7 cm³/mol. The minimum Gasteiger partial charge on any atom is -0.447 e. The van der Waals surface area contributed by atoms with Crippen LogP contribution >= 0.6 is 0 Å². The van der Waals surface area contributed by atoms with E-state index in [2.05, 4.69) is 5.32 Å². The largest absolute Gasteiger partial charge is 0.447 e. The highest BCUT2D eigenvalue weighted by Gasteiger charge is 2.18. The van der Waals surface area contributed by atoms with Crippen molar-refractivity contribution in [3.63, 3.8) is 0 Å². The van der Waals surface area contributed by atoms with Crippen LogP contribution in [0.25, 0.3) is 6.08 Å². The summed E-state index contributed by atoms with van der Waals surface area (Å²) in [5.41, 5.74) is 0.887. The zero-order valence-corrected chi connectivity index (χ0v) is 7.94. The molecular weight excluding hydrogens is 197 g/mol. The molecule has 1 heterocycles. The minimum atomic E-state index is -0.399. The second kappa shape index (κ2) is 4.13. The average Bonchev–Trinajstić information content (AvgIpc) is 2.64. The summed E-state index contributed by atoms with van der Waals surface area (Å²) in [6.45, 7) is 0.344. The molecule has 4 heteroatoms. The summed E-state index contributed by atoms with van der Waals surface area (Å²) in [6.07, 6.45) is 3.24. The van der Waals surface area contributed by atoms with Crippen molar-refractivity contribution in [3.8, 4) is 0 Å². The molecule has 0 aromatic heterocycles. The Morgan fingerprint density at radius 3 is 2.73 bits per heavy atom. The van der Waals surface area contributed by atoms with Crippen molar-refractivity contribution in [2.24, 2.45) is 0 Å². The Balaban J connectivity index is 1.99. The van der Waals surface area contributed by atoms with Gasteiger partial charge in [-0.25, -0.2) is 9.18 Å². The molecule has 1 atom stereocenters. The van der Waals surface area contributed by atoms with Gasteiger partial charge >= 0.3 is 6.09 Å². The van der Waals surface area contributed by atoms with E-state index >= 15 is 0 Å². The molecule has 1 N–H and O–H groups in total. The first-order valence-electron chi connectivity index (χ1n) is 4.61. The Morgan fingerprint density at radius 2 is 2.13 bits per heavy atom. The van der Waals surface area contributed by atoms with Gasteiger partial charge in [-0.15, -0.1) is 0 Å². The summed E-state index contributed by atoms with van der Waals surface area (Å²) in [7, 11) is 0. The van der Waals surface area contributed by atoms with Crippen LogP contribution in [0.15, 0.2) is 30.3 Å². The molecule has 0 saturated carbocycles. The van der Waals surface area contributed by atoms with E-state index in [9.17, 15) is 9.18 Å². The van der Waals surface area contributed by atoms with Gasteiger partial charge in [-0.2, -0.15) is 0 Å². The van der Waals surface area contributed by atoms with Gasteiger partial charge in [0.2, 0.25) is 0 Å². The molecule has 1 fully saturated rings. The van der Waals surface area contributed by atoms with Crippen molar-refractivity contribution in [1.29, 1.82) is 0 Å². The Hall–Kier alpha value is -1.84. The van der Waals surface area contributed by atoms with E-state index in [1.807, 2.05) is 12.2 Å². The highest BCUT2D eigenvalue weighted by Crippen LogP contribution is 2.07. The zero-order chi connectivity index (χ0) is 10.7. The van der Waals surface area contributed by atoms with E-state index in [1.54, 1.807) is 12.1 Å². The van der Waals surface area contributed by atoms with E-state index in [1.165, 1.54) is 12.1 Å².